The Kier molecular flexibility index (Phi) is 5.94. The van der Waals surface area contributed by atoms with Crippen LogP contribution in [0.4, 0.5) is 24.5 Å². The fourth-order valence-corrected chi connectivity index (χ4v) is 5.10. The van der Waals surface area contributed by atoms with Crippen molar-refractivity contribution in [1.82, 2.24) is 4.98 Å². The minimum Gasteiger partial charge on any atom is -0.383 e. The molecule has 2 aliphatic rings. The van der Waals surface area contributed by atoms with E-state index in [9.17, 15) is 13.2 Å². The van der Waals surface area contributed by atoms with Crippen molar-refractivity contribution in [1.29, 1.82) is 0 Å². The van der Waals surface area contributed by atoms with Crippen molar-refractivity contribution in [3.05, 3.63) is 53.9 Å². The van der Waals surface area contributed by atoms with E-state index in [-0.39, 0.29) is 0 Å². The monoisotopic (exact) mass is 417 g/mol. The lowest BCUT2D eigenvalue weighted by molar-refractivity contribution is -0.137. The number of benzene rings is 1. The molecular weight excluding hydrogens is 387 g/mol. The first kappa shape index (κ1) is 21.0. The minimum atomic E-state index is -4.35. The van der Waals surface area contributed by atoms with E-state index in [1.807, 2.05) is 12.1 Å². The zero-order chi connectivity index (χ0) is 21.2. The van der Waals surface area contributed by atoms with Crippen LogP contribution in [-0.2, 0) is 12.6 Å². The lowest BCUT2D eigenvalue weighted by atomic mass is 9.64. The largest absolute Gasteiger partial charge is 0.416 e. The minimum absolute atomic E-state index is 0.383. The number of hydrogen-bond donors (Lipinski definition) is 1. The highest BCUT2D eigenvalue weighted by Crippen LogP contribution is 2.48. The predicted molar refractivity (Wildman–Crippen MR) is 115 cm³/mol. The molecule has 1 aliphatic carbocycles. The molecule has 162 valence electrons. The van der Waals surface area contributed by atoms with Crippen molar-refractivity contribution < 1.29 is 13.2 Å². The number of alkyl halides is 3. The number of nitrogens with one attached hydrogen (secondary N) is 1. The summed E-state index contributed by atoms with van der Waals surface area (Å²) in [4.78, 5) is 6.40. The van der Waals surface area contributed by atoms with Gasteiger partial charge in [-0.05, 0) is 66.8 Å². The average Bonchev–Trinajstić information content (AvgIpc) is 2.73. The number of rotatable bonds is 5. The Labute approximate surface area is 176 Å². The summed E-state index contributed by atoms with van der Waals surface area (Å²) in [5.74, 6) is 0.616. The Hall–Kier alpha value is -2.24. The number of halogens is 3. The van der Waals surface area contributed by atoms with Gasteiger partial charge in [0.25, 0.3) is 0 Å². The number of piperidine rings is 1. The summed E-state index contributed by atoms with van der Waals surface area (Å²) in [5, 5.41) is 3.28. The number of pyridine rings is 1. The smallest absolute Gasteiger partial charge is 0.383 e. The van der Waals surface area contributed by atoms with E-state index in [1.54, 1.807) is 18.5 Å². The zero-order valence-electron chi connectivity index (χ0n) is 17.5. The van der Waals surface area contributed by atoms with Gasteiger partial charge in [-0.25, -0.2) is 0 Å². The molecule has 2 atom stereocenters. The van der Waals surface area contributed by atoms with Crippen LogP contribution in [0.2, 0.25) is 0 Å². The third kappa shape index (κ3) is 4.57. The molecule has 1 saturated carbocycles. The Morgan fingerprint density at radius 1 is 1.20 bits per heavy atom. The van der Waals surface area contributed by atoms with Gasteiger partial charge in [0.1, 0.15) is 0 Å². The van der Waals surface area contributed by atoms with Crippen molar-refractivity contribution in [3.8, 4) is 0 Å². The molecule has 1 unspecified atom stereocenters. The molecule has 6 heteroatoms. The molecular formula is C24H30F3N3. The molecule has 2 fully saturated rings. The first-order valence-corrected chi connectivity index (χ1v) is 10.9. The van der Waals surface area contributed by atoms with Crippen LogP contribution in [0.5, 0.6) is 0 Å². The third-order valence-corrected chi connectivity index (χ3v) is 7.05. The molecule has 30 heavy (non-hydrogen) atoms. The predicted octanol–water partition coefficient (Wildman–Crippen LogP) is 6.16. The standard InChI is InChI=1S/C24H30F3N3/c1-23-10-3-2-6-20(23)17-30(14-11-23)22-8-7-19(24(25,26)27)15-21(22)29-13-9-18-5-4-12-28-16-18/h4-5,7-8,12,15-16,20,29H,2-3,6,9-11,13-14,17H2,1H3/t20?,23-/m0/s1. The van der Waals surface area contributed by atoms with Crippen LogP contribution in [-0.4, -0.2) is 24.6 Å². The SMILES string of the molecule is C[C@@]12CCCCC1CN(c1ccc(C(F)(F)F)cc1NCCc1cccnc1)CC2. The van der Waals surface area contributed by atoms with E-state index in [4.69, 9.17) is 0 Å². The van der Waals surface area contributed by atoms with E-state index < -0.39 is 11.7 Å². The van der Waals surface area contributed by atoms with Crippen molar-refractivity contribution in [2.45, 2.75) is 51.6 Å². The van der Waals surface area contributed by atoms with Gasteiger partial charge >= 0.3 is 6.18 Å². The summed E-state index contributed by atoms with van der Waals surface area (Å²) in [6, 6.07) is 8.00. The molecule has 1 aromatic carbocycles. The first-order chi connectivity index (χ1) is 14.4. The van der Waals surface area contributed by atoms with Crippen molar-refractivity contribution in [2.24, 2.45) is 11.3 Å². The van der Waals surface area contributed by atoms with Crippen LogP contribution in [0.15, 0.2) is 42.7 Å². The molecule has 1 aliphatic heterocycles. The van der Waals surface area contributed by atoms with Crippen LogP contribution in [0.1, 0.15) is 50.2 Å². The van der Waals surface area contributed by atoms with Gasteiger partial charge in [-0.3, -0.25) is 4.98 Å². The summed E-state index contributed by atoms with van der Waals surface area (Å²) >= 11 is 0. The molecule has 1 aromatic heterocycles. The summed E-state index contributed by atoms with van der Waals surface area (Å²) in [5.41, 5.74) is 2.31. The Morgan fingerprint density at radius 3 is 2.83 bits per heavy atom. The number of aromatic nitrogens is 1. The van der Waals surface area contributed by atoms with Gasteiger partial charge in [-0.15, -0.1) is 0 Å². The molecule has 0 spiro atoms. The van der Waals surface area contributed by atoms with E-state index in [0.717, 1.165) is 30.8 Å². The maximum absolute atomic E-state index is 13.4. The molecule has 0 bridgehead atoms. The van der Waals surface area contributed by atoms with E-state index in [0.29, 0.717) is 30.0 Å². The van der Waals surface area contributed by atoms with E-state index >= 15 is 0 Å². The van der Waals surface area contributed by atoms with Gasteiger partial charge in [-0.1, -0.05) is 25.8 Å². The number of nitrogens with zero attached hydrogens (tertiary/aromatic N) is 2. The Bertz CT molecular complexity index is 853. The zero-order valence-corrected chi connectivity index (χ0v) is 17.5. The molecule has 0 radical (unpaired) electrons. The lowest BCUT2D eigenvalue weighted by Crippen LogP contribution is -2.47. The van der Waals surface area contributed by atoms with Gasteiger partial charge in [0.05, 0.1) is 16.9 Å². The summed E-state index contributed by atoms with van der Waals surface area (Å²) in [7, 11) is 0. The topological polar surface area (TPSA) is 28.2 Å². The highest BCUT2D eigenvalue weighted by molar-refractivity contribution is 5.71. The molecule has 0 amide bonds. The number of hydrogen-bond acceptors (Lipinski definition) is 3. The summed E-state index contributed by atoms with van der Waals surface area (Å²) in [6.07, 6.45) is 6.04. The second-order valence-corrected chi connectivity index (χ2v) is 9.06. The first-order valence-electron chi connectivity index (χ1n) is 10.9. The van der Waals surface area contributed by atoms with Gasteiger partial charge in [0.2, 0.25) is 0 Å². The van der Waals surface area contributed by atoms with Crippen LogP contribution < -0.4 is 10.2 Å². The number of fused-ring (bicyclic) bond motifs is 1. The number of anilines is 2. The Balaban J connectivity index is 1.54. The quantitative estimate of drug-likeness (QED) is 0.631. The molecule has 1 saturated heterocycles. The second-order valence-electron chi connectivity index (χ2n) is 9.06. The average molecular weight is 418 g/mol. The summed E-state index contributed by atoms with van der Waals surface area (Å²) in [6.45, 7) is 4.79. The van der Waals surface area contributed by atoms with E-state index in [2.05, 4.69) is 22.1 Å². The Morgan fingerprint density at radius 2 is 2.07 bits per heavy atom. The maximum Gasteiger partial charge on any atom is 0.416 e. The van der Waals surface area contributed by atoms with Crippen LogP contribution in [0.25, 0.3) is 0 Å². The lowest BCUT2D eigenvalue weighted by Gasteiger charge is -2.49. The fraction of sp³-hybridized carbons (Fsp3) is 0.542. The molecule has 3 nitrogen and oxygen atoms in total. The molecule has 2 aromatic rings. The van der Waals surface area contributed by atoms with E-state index in [1.165, 1.54) is 37.8 Å². The highest BCUT2D eigenvalue weighted by atomic mass is 19.4. The molecule has 1 N–H and O–H groups in total. The third-order valence-electron chi connectivity index (χ3n) is 7.05. The van der Waals surface area contributed by atoms with Crippen molar-refractivity contribution in [3.63, 3.8) is 0 Å². The van der Waals surface area contributed by atoms with Gasteiger partial charge < -0.3 is 10.2 Å². The van der Waals surface area contributed by atoms with Gasteiger partial charge in [-0.2, -0.15) is 13.2 Å². The van der Waals surface area contributed by atoms with Gasteiger partial charge in [0, 0.05) is 32.0 Å². The van der Waals surface area contributed by atoms with Crippen molar-refractivity contribution >= 4 is 11.4 Å². The molecule has 4 rings (SSSR count). The normalized spacial score (nSPS) is 24.4. The fourth-order valence-electron chi connectivity index (χ4n) is 5.10. The highest BCUT2D eigenvalue weighted by Gasteiger charge is 2.41. The van der Waals surface area contributed by atoms with Crippen molar-refractivity contribution in [2.75, 3.05) is 29.9 Å². The van der Waals surface area contributed by atoms with Crippen LogP contribution in [0, 0.1) is 11.3 Å². The molecule has 2 heterocycles. The van der Waals surface area contributed by atoms with Gasteiger partial charge in [0.15, 0.2) is 0 Å². The van der Waals surface area contributed by atoms with Crippen LogP contribution >= 0.6 is 0 Å². The van der Waals surface area contributed by atoms with Crippen LogP contribution in [0.3, 0.4) is 0 Å². The summed E-state index contributed by atoms with van der Waals surface area (Å²) < 4.78 is 40.1. The second kappa shape index (κ2) is 8.48. The maximum atomic E-state index is 13.4.